The van der Waals surface area contributed by atoms with Gasteiger partial charge in [-0.15, -0.1) is 0 Å². The molecule has 0 saturated heterocycles. The summed E-state index contributed by atoms with van der Waals surface area (Å²) in [7, 11) is 1.44. The molecule has 0 fully saturated rings. The van der Waals surface area contributed by atoms with Crippen LogP contribution in [0, 0.1) is 0 Å². The zero-order chi connectivity index (χ0) is 12.5. The molecule has 4 heteroatoms. The molecular formula is C13H18O3S. The van der Waals surface area contributed by atoms with E-state index in [1.807, 2.05) is 43.3 Å². The summed E-state index contributed by atoms with van der Waals surface area (Å²) >= 11 is -1.22. The average Bonchev–Trinajstić information content (AvgIpc) is 2.36. The Morgan fingerprint density at radius 2 is 2.06 bits per heavy atom. The smallest absolute Gasteiger partial charge is 0.159 e. The van der Waals surface area contributed by atoms with E-state index in [9.17, 15) is 4.21 Å². The Labute approximate surface area is 105 Å². The van der Waals surface area contributed by atoms with Crippen molar-refractivity contribution < 1.29 is 13.1 Å². The summed E-state index contributed by atoms with van der Waals surface area (Å²) in [5, 5.41) is 0. The second-order valence-electron chi connectivity index (χ2n) is 3.67. The molecule has 0 saturated carbocycles. The fourth-order valence-corrected chi connectivity index (χ4v) is 1.86. The lowest BCUT2D eigenvalue weighted by Crippen LogP contribution is -2.01. The number of hydrogen-bond acceptors (Lipinski definition) is 3. The first-order valence-electron chi connectivity index (χ1n) is 5.42. The minimum atomic E-state index is -1.22. The molecular weight excluding hydrogens is 236 g/mol. The predicted octanol–water partition coefficient (Wildman–Crippen LogP) is 2.46. The molecule has 1 aromatic rings. The molecule has 1 aromatic carbocycles. The minimum Gasteiger partial charge on any atom is -0.373 e. The Morgan fingerprint density at radius 1 is 1.35 bits per heavy atom. The Morgan fingerprint density at radius 3 is 2.71 bits per heavy atom. The van der Waals surface area contributed by atoms with Gasteiger partial charge in [-0.2, -0.15) is 0 Å². The minimum absolute atomic E-state index is 0.436. The topological polar surface area (TPSA) is 35.5 Å². The van der Waals surface area contributed by atoms with Crippen molar-refractivity contribution in [1.29, 1.82) is 0 Å². The second-order valence-corrected chi connectivity index (χ2v) is 4.90. The van der Waals surface area contributed by atoms with Crippen molar-refractivity contribution in [2.45, 2.75) is 13.5 Å². The molecule has 1 atom stereocenters. The summed E-state index contributed by atoms with van der Waals surface area (Å²) in [6.07, 6.45) is 1.93. The largest absolute Gasteiger partial charge is 0.373 e. The standard InChI is InChI=1S/C13H18O3S/c1-12(11-17(14)15-2)8-9-16-10-13-6-4-3-5-7-13/h3-8H,9-11H2,1-2H3/b12-8+. The van der Waals surface area contributed by atoms with Crippen LogP contribution in [0.1, 0.15) is 12.5 Å². The highest BCUT2D eigenvalue weighted by atomic mass is 32.2. The number of benzene rings is 1. The highest BCUT2D eigenvalue weighted by Gasteiger charge is 1.98. The monoisotopic (exact) mass is 254 g/mol. The van der Waals surface area contributed by atoms with E-state index in [0.29, 0.717) is 19.0 Å². The maximum absolute atomic E-state index is 11.1. The van der Waals surface area contributed by atoms with Crippen molar-refractivity contribution in [3.8, 4) is 0 Å². The molecule has 94 valence electrons. The summed E-state index contributed by atoms with van der Waals surface area (Å²) in [6.45, 7) is 3.04. The van der Waals surface area contributed by atoms with Crippen LogP contribution in [0.5, 0.6) is 0 Å². The first-order valence-corrected chi connectivity index (χ1v) is 6.67. The lowest BCUT2D eigenvalue weighted by atomic mass is 10.2. The Hall–Kier alpha value is -0.970. The van der Waals surface area contributed by atoms with Gasteiger partial charge in [-0.1, -0.05) is 42.0 Å². The summed E-state index contributed by atoms with van der Waals surface area (Å²) in [5.41, 5.74) is 2.16. The molecule has 0 heterocycles. The third-order valence-electron chi connectivity index (χ3n) is 2.19. The van der Waals surface area contributed by atoms with Gasteiger partial charge < -0.3 is 4.74 Å². The summed E-state index contributed by atoms with van der Waals surface area (Å²) in [4.78, 5) is 0. The zero-order valence-corrected chi connectivity index (χ0v) is 11.0. The first-order chi connectivity index (χ1) is 8.22. The Kier molecular flexibility index (Phi) is 6.77. The van der Waals surface area contributed by atoms with Gasteiger partial charge in [0, 0.05) is 0 Å². The normalized spacial score (nSPS) is 13.6. The van der Waals surface area contributed by atoms with Crippen molar-refractivity contribution in [2.24, 2.45) is 0 Å². The molecule has 0 bridgehead atoms. The third kappa shape index (κ3) is 6.36. The van der Waals surface area contributed by atoms with Crippen LogP contribution in [0.4, 0.5) is 0 Å². The maximum Gasteiger partial charge on any atom is 0.159 e. The van der Waals surface area contributed by atoms with Gasteiger partial charge in [0.1, 0.15) is 0 Å². The molecule has 0 aliphatic carbocycles. The summed E-state index contributed by atoms with van der Waals surface area (Å²) in [5.74, 6) is 0.436. The molecule has 0 aliphatic rings. The van der Waals surface area contributed by atoms with Gasteiger partial charge in [0.2, 0.25) is 0 Å². The van der Waals surface area contributed by atoms with Crippen LogP contribution in [0.3, 0.4) is 0 Å². The highest BCUT2D eigenvalue weighted by Crippen LogP contribution is 2.02. The van der Waals surface area contributed by atoms with E-state index in [4.69, 9.17) is 4.74 Å². The van der Waals surface area contributed by atoms with E-state index >= 15 is 0 Å². The van der Waals surface area contributed by atoms with Crippen molar-refractivity contribution in [1.82, 2.24) is 0 Å². The van der Waals surface area contributed by atoms with E-state index in [2.05, 4.69) is 4.18 Å². The highest BCUT2D eigenvalue weighted by molar-refractivity contribution is 7.80. The third-order valence-corrected chi connectivity index (χ3v) is 3.26. The van der Waals surface area contributed by atoms with Crippen molar-refractivity contribution in [3.63, 3.8) is 0 Å². The van der Waals surface area contributed by atoms with Gasteiger partial charge in [0.05, 0.1) is 26.1 Å². The van der Waals surface area contributed by atoms with Crippen molar-refractivity contribution in [3.05, 3.63) is 47.5 Å². The SMILES string of the molecule is COS(=O)C/C(C)=C/COCc1ccccc1. The van der Waals surface area contributed by atoms with Crippen LogP contribution < -0.4 is 0 Å². The number of rotatable bonds is 7. The molecule has 1 unspecified atom stereocenters. The van der Waals surface area contributed by atoms with Crippen LogP contribution >= 0.6 is 0 Å². The van der Waals surface area contributed by atoms with Crippen LogP contribution in [-0.2, 0) is 26.6 Å². The van der Waals surface area contributed by atoms with Crippen molar-refractivity contribution >= 4 is 11.1 Å². The van der Waals surface area contributed by atoms with Gasteiger partial charge in [0.25, 0.3) is 0 Å². The quantitative estimate of drug-likeness (QED) is 0.554. The molecule has 1 rings (SSSR count). The fraction of sp³-hybridized carbons (Fsp3) is 0.385. The molecule has 0 N–H and O–H groups in total. The second kappa shape index (κ2) is 8.17. The van der Waals surface area contributed by atoms with Gasteiger partial charge >= 0.3 is 0 Å². The van der Waals surface area contributed by atoms with Gasteiger partial charge in [0.15, 0.2) is 11.1 Å². The molecule has 0 aromatic heterocycles. The zero-order valence-electron chi connectivity index (χ0n) is 10.2. The summed E-state index contributed by atoms with van der Waals surface area (Å²) < 4.78 is 21.3. The van der Waals surface area contributed by atoms with Crippen LogP contribution in [0.2, 0.25) is 0 Å². The molecule has 17 heavy (non-hydrogen) atoms. The van der Waals surface area contributed by atoms with Crippen LogP contribution in [0.25, 0.3) is 0 Å². The van der Waals surface area contributed by atoms with Crippen LogP contribution in [-0.4, -0.2) is 23.7 Å². The van der Waals surface area contributed by atoms with E-state index in [1.165, 1.54) is 7.11 Å². The molecule has 3 nitrogen and oxygen atoms in total. The van der Waals surface area contributed by atoms with E-state index in [-0.39, 0.29) is 0 Å². The lowest BCUT2D eigenvalue weighted by molar-refractivity contribution is 0.148. The first kappa shape index (κ1) is 14.1. The Bertz CT molecular complexity index is 374. The predicted molar refractivity (Wildman–Crippen MR) is 69.9 cm³/mol. The molecule has 0 amide bonds. The average molecular weight is 254 g/mol. The van der Waals surface area contributed by atoms with Crippen molar-refractivity contribution in [2.75, 3.05) is 19.5 Å². The van der Waals surface area contributed by atoms with E-state index in [1.54, 1.807) is 0 Å². The molecule has 0 radical (unpaired) electrons. The number of hydrogen-bond donors (Lipinski definition) is 0. The summed E-state index contributed by atoms with van der Waals surface area (Å²) in [6, 6.07) is 10.0. The van der Waals surface area contributed by atoms with Gasteiger partial charge in [-0.25, -0.2) is 4.21 Å². The Balaban J connectivity index is 2.23. The molecule has 0 spiro atoms. The van der Waals surface area contributed by atoms with E-state index < -0.39 is 11.1 Å². The van der Waals surface area contributed by atoms with Gasteiger partial charge in [-0.3, -0.25) is 4.18 Å². The lowest BCUT2D eigenvalue weighted by Gasteiger charge is -2.03. The fourth-order valence-electron chi connectivity index (χ4n) is 1.26. The van der Waals surface area contributed by atoms with Crippen LogP contribution in [0.15, 0.2) is 42.0 Å². The number of ether oxygens (including phenoxy) is 1. The molecule has 0 aliphatic heterocycles. The van der Waals surface area contributed by atoms with Gasteiger partial charge in [-0.05, 0) is 12.5 Å². The maximum atomic E-state index is 11.1. The van der Waals surface area contributed by atoms with E-state index in [0.717, 1.165) is 11.1 Å².